The normalized spacial score (nSPS) is 19.0. The van der Waals surface area contributed by atoms with E-state index in [1.165, 1.54) is 0 Å². The lowest BCUT2D eigenvalue weighted by Crippen LogP contribution is -2.51. The number of rotatable bonds is 4. The predicted octanol–water partition coefficient (Wildman–Crippen LogP) is 3.38. The van der Waals surface area contributed by atoms with E-state index in [4.69, 9.17) is 9.47 Å². The first-order chi connectivity index (χ1) is 11.8. The standard InChI is InChI=1S/C19H27N3O3/c1-14(21-17-8-6-5-7-15(17)12-20)11-16-13-24-10-9-22(16)18(23)25-19(2,3)4/h5-8,14,16,21H,9-11,13H2,1-4H3. The minimum absolute atomic E-state index is 0.0552. The summed E-state index contributed by atoms with van der Waals surface area (Å²) in [5.41, 5.74) is 0.895. The van der Waals surface area contributed by atoms with Gasteiger partial charge in [0.15, 0.2) is 0 Å². The highest BCUT2D eigenvalue weighted by atomic mass is 16.6. The minimum atomic E-state index is -0.518. The van der Waals surface area contributed by atoms with Crippen molar-refractivity contribution in [3.63, 3.8) is 0 Å². The molecule has 136 valence electrons. The third-order valence-corrected chi connectivity index (χ3v) is 3.93. The van der Waals surface area contributed by atoms with Gasteiger partial charge in [0.05, 0.1) is 30.5 Å². The monoisotopic (exact) mass is 345 g/mol. The van der Waals surface area contributed by atoms with Crippen LogP contribution in [0.25, 0.3) is 0 Å². The van der Waals surface area contributed by atoms with Crippen molar-refractivity contribution in [3.8, 4) is 6.07 Å². The zero-order valence-corrected chi connectivity index (χ0v) is 15.4. The SMILES string of the molecule is CC(CC1COCCN1C(=O)OC(C)(C)C)Nc1ccccc1C#N. The van der Waals surface area contributed by atoms with Gasteiger partial charge < -0.3 is 19.7 Å². The molecule has 0 aliphatic carbocycles. The number of anilines is 1. The fourth-order valence-corrected chi connectivity index (χ4v) is 2.85. The molecule has 25 heavy (non-hydrogen) atoms. The third-order valence-electron chi connectivity index (χ3n) is 3.93. The van der Waals surface area contributed by atoms with Gasteiger partial charge in [0.1, 0.15) is 11.7 Å². The van der Waals surface area contributed by atoms with Gasteiger partial charge in [-0.3, -0.25) is 0 Å². The second-order valence-corrected chi connectivity index (χ2v) is 7.34. The average molecular weight is 345 g/mol. The molecule has 0 spiro atoms. The summed E-state index contributed by atoms with van der Waals surface area (Å²) in [7, 11) is 0. The quantitative estimate of drug-likeness (QED) is 0.905. The summed E-state index contributed by atoms with van der Waals surface area (Å²) < 4.78 is 11.1. The lowest BCUT2D eigenvalue weighted by Gasteiger charge is -2.37. The van der Waals surface area contributed by atoms with Crippen molar-refractivity contribution in [2.24, 2.45) is 0 Å². The summed E-state index contributed by atoms with van der Waals surface area (Å²) in [4.78, 5) is 14.2. The molecule has 0 aromatic heterocycles. The summed E-state index contributed by atoms with van der Waals surface area (Å²) in [6.45, 7) is 9.17. The van der Waals surface area contributed by atoms with Crippen molar-refractivity contribution in [2.75, 3.05) is 25.1 Å². The van der Waals surface area contributed by atoms with Gasteiger partial charge >= 0.3 is 6.09 Å². The van der Waals surface area contributed by atoms with Gasteiger partial charge in [0.2, 0.25) is 0 Å². The first-order valence-electron chi connectivity index (χ1n) is 8.63. The van der Waals surface area contributed by atoms with Crippen molar-refractivity contribution in [2.45, 2.75) is 51.8 Å². The lowest BCUT2D eigenvalue weighted by atomic mass is 10.1. The molecule has 0 bridgehead atoms. The van der Waals surface area contributed by atoms with E-state index < -0.39 is 5.60 Å². The van der Waals surface area contributed by atoms with Crippen LogP contribution < -0.4 is 5.32 Å². The first kappa shape index (κ1) is 19.1. The average Bonchev–Trinajstić information content (AvgIpc) is 2.54. The molecular weight excluding hydrogens is 318 g/mol. The fourth-order valence-electron chi connectivity index (χ4n) is 2.85. The Hall–Kier alpha value is -2.26. The van der Waals surface area contributed by atoms with Gasteiger partial charge in [-0.1, -0.05) is 12.1 Å². The number of nitrogens with zero attached hydrogens (tertiary/aromatic N) is 2. The number of morpholine rings is 1. The third kappa shape index (κ3) is 5.64. The van der Waals surface area contributed by atoms with Gasteiger partial charge in [-0.2, -0.15) is 5.26 Å². The van der Waals surface area contributed by atoms with E-state index >= 15 is 0 Å². The van der Waals surface area contributed by atoms with Crippen LogP contribution in [0.4, 0.5) is 10.5 Å². The van der Waals surface area contributed by atoms with Crippen LogP contribution in [0.5, 0.6) is 0 Å². The molecule has 0 saturated carbocycles. The van der Waals surface area contributed by atoms with Gasteiger partial charge in [-0.25, -0.2) is 4.79 Å². The number of benzene rings is 1. The van der Waals surface area contributed by atoms with Crippen LogP contribution in [0.2, 0.25) is 0 Å². The molecule has 1 aliphatic heterocycles. The van der Waals surface area contributed by atoms with Crippen molar-refractivity contribution < 1.29 is 14.3 Å². The number of carbonyl (C=O) groups is 1. The minimum Gasteiger partial charge on any atom is -0.444 e. The van der Waals surface area contributed by atoms with E-state index in [9.17, 15) is 10.1 Å². The highest BCUT2D eigenvalue weighted by Gasteiger charge is 2.31. The van der Waals surface area contributed by atoms with Crippen molar-refractivity contribution in [1.29, 1.82) is 5.26 Å². The van der Waals surface area contributed by atoms with Crippen LogP contribution >= 0.6 is 0 Å². The number of hydrogen-bond acceptors (Lipinski definition) is 5. The summed E-state index contributed by atoms with van der Waals surface area (Å²) in [5.74, 6) is 0. The zero-order valence-electron chi connectivity index (χ0n) is 15.4. The maximum absolute atomic E-state index is 12.4. The molecule has 1 heterocycles. The molecule has 2 unspecified atom stereocenters. The molecule has 2 rings (SSSR count). The topological polar surface area (TPSA) is 74.6 Å². The fraction of sp³-hybridized carbons (Fsp3) is 0.579. The number of nitrogens with one attached hydrogen (secondary N) is 1. The summed E-state index contributed by atoms with van der Waals surface area (Å²) in [5, 5.41) is 12.6. The Bertz CT molecular complexity index is 634. The summed E-state index contributed by atoms with van der Waals surface area (Å²) in [6.07, 6.45) is 0.407. The van der Waals surface area contributed by atoms with Gasteiger partial charge in [0.25, 0.3) is 0 Å². The zero-order chi connectivity index (χ0) is 18.4. The Morgan fingerprint density at radius 3 is 2.88 bits per heavy atom. The largest absolute Gasteiger partial charge is 0.444 e. The van der Waals surface area contributed by atoms with Crippen molar-refractivity contribution in [1.82, 2.24) is 4.90 Å². The second kappa shape index (κ2) is 8.21. The van der Waals surface area contributed by atoms with Crippen LogP contribution in [0.1, 0.15) is 39.7 Å². The van der Waals surface area contributed by atoms with E-state index in [0.29, 0.717) is 31.7 Å². The van der Waals surface area contributed by atoms with Crippen molar-refractivity contribution in [3.05, 3.63) is 29.8 Å². The molecule has 1 aliphatic rings. The van der Waals surface area contributed by atoms with Gasteiger partial charge in [-0.05, 0) is 46.2 Å². The number of para-hydroxylation sites is 1. The van der Waals surface area contributed by atoms with E-state index in [1.54, 1.807) is 11.0 Å². The maximum atomic E-state index is 12.4. The Labute approximate surface area is 149 Å². The van der Waals surface area contributed by atoms with E-state index in [-0.39, 0.29) is 18.2 Å². The smallest absolute Gasteiger partial charge is 0.410 e. The van der Waals surface area contributed by atoms with Crippen LogP contribution in [-0.2, 0) is 9.47 Å². The summed E-state index contributed by atoms with van der Waals surface area (Å²) >= 11 is 0. The second-order valence-electron chi connectivity index (χ2n) is 7.34. The molecule has 1 saturated heterocycles. The number of amides is 1. The Morgan fingerprint density at radius 1 is 1.48 bits per heavy atom. The summed E-state index contributed by atoms with van der Waals surface area (Å²) in [6, 6.07) is 9.61. The molecular formula is C19H27N3O3. The number of carbonyl (C=O) groups excluding carboxylic acids is 1. The number of ether oxygens (including phenoxy) is 2. The van der Waals surface area contributed by atoms with Gasteiger partial charge in [0, 0.05) is 12.6 Å². The molecule has 2 atom stereocenters. The Balaban J connectivity index is 2.00. The molecule has 6 heteroatoms. The Kier molecular flexibility index (Phi) is 6.27. The molecule has 1 fully saturated rings. The number of hydrogen-bond donors (Lipinski definition) is 1. The lowest BCUT2D eigenvalue weighted by molar-refractivity contribution is -0.0345. The predicted molar refractivity (Wildman–Crippen MR) is 96.4 cm³/mol. The van der Waals surface area contributed by atoms with E-state index in [1.807, 2.05) is 45.9 Å². The van der Waals surface area contributed by atoms with Crippen LogP contribution in [0.15, 0.2) is 24.3 Å². The molecule has 6 nitrogen and oxygen atoms in total. The number of nitriles is 1. The van der Waals surface area contributed by atoms with Gasteiger partial charge in [-0.15, -0.1) is 0 Å². The van der Waals surface area contributed by atoms with E-state index in [0.717, 1.165) is 5.69 Å². The highest BCUT2D eigenvalue weighted by Crippen LogP contribution is 2.20. The molecule has 1 aromatic carbocycles. The molecule has 1 N–H and O–H groups in total. The molecule has 1 amide bonds. The van der Waals surface area contributed by atoms with Crippen molar-refractivity contribution >= 4 is 11.8 Å². The first-order valence-corrected chi connectivity index (χ1v) is 8.63. The Morgan fingerprint density at radius 2 is 2.20 bits per heavy atom. The van der Waals surface area contributed by atoms with Crippen LogP contribution in [-0.4, -0.2) is 48.4 Å². The van der Waals surface area contributed by atoms with Crippen LogP contribution in [0, 0.1) is 11.3 Å². The highest BCUT2D eigenvalue weighted by molar-refractivity contribution is 5.68. The maximum Gasteiger partial charge on any atom is 0.410 e. The molecule has 1 aromatic rings. The van der Waals surface area contributed by atoms with Crippen LogP contribution in [0.3, 0.4) is 0 Å². The molecule has 0 radical (unpaired) electrons. The van der Waals surface area contributed by atoms with E-state index in [2.05, 4.69) is 11.4 Å².